The molecule has 0 aliphatic rings. The highest BCUT2D eigenvalue weighted by Crippen LogP contribution is 2.36. The number of rotatable bonds is 5. The number of amides is 1. The van der Waals surface area contributed by atoms with Gasteiger partial charge in [0, 0.05) is 21.8 Å². The molecule has 0 radical (unpaired) electrons. The van der Waals surface area contributed by atoms with Crippen molar-refractivity contribution in [2.45, 2.75) is 44.5 Å². The number of halogens is 1. The molecule has 2 aromatic heterocycles. The van der Waals surface area contributed by atoms with E-state index in [1.54, 1.807) is 11.3 Å². The molecule has 0 unspecified atom stereocenters. The van der Waals surface area contributed by atoms with E-state index >= 15 is 0 Å². The van der Waals surface area contributed by atoms with Crippen LogP contribution < -0.4 is 5.32 Å². The monoisotopic (exact) mass is 405 g/mol. The van der Waals surface area contributed by atoms with Crippen LogP contribution in [0.15, 0.2) is 29.3 Å². The van der Waals surface area contributed by atoms with Gasteiger partial charge in [0.2, 0.25) is 5.91 Å². The van der Waals surface area contributed by atoms with Crippen LogP contribution in [0.3, 0.4) is 0 Å². The van der Waals surface area contributed by atoms with Crippen molar-refractivity contribution in [1.82, 2.24) is 15.3 Å². The summed E-state index contributed by atoms with van der Waals surface area (Å²) in [4.78, 5) is 23.9. The van der Waals surface area contributed by atoms with E-state index < -0.39 is 0 Å². The Morgan fingerprint density at radius 2 is 2.00 bits per heavy atom. The Balaban J connectivity index is 1.75. The predicted octanol–water partition coefficient (Wildman–Crippen LogP) is 5.07. The molecular weight excluding hydrogens is 386 g/mol. The van der Waals surface area contributed by atoms with Crippen LogP contribution in [0.25, 0.3) is 10.2 Å². The van der Waals surface area contributed by atoms with Crippen LogP contribution in [0.2, 0.25) is 5.02 Å². The van der Waals surface area contributed by atoms with E-state index in [9.17, 15) is 4.79 Å². The van der Waals surface area contributed by atoms with Crippen molar-refractivity contribution in [3.05, 3.63) is 51.1 Å². The maximum atomic E-state index is 12.5. The quantitative estimate of drug-likeness (QED) is 0.475. The Morgan fingerprint density at radius 1 is 1.27 bits per heavy atom. The first-order valence-corrected chi connectivity index (χ1v) is 10.4. The highest BCUT2D eigenvalue weighted by molar-refractivity contribution is 8.00. The van der Waals surface area contributed by atoms with Gasteiger partial charge in [0.1, 0.15) is 15.7 Å². The van der Waals surface area contributed by atoms with Crippen LogP contribution in [0.5, 0.6) is 0 Å². The van der Waals surface area contributed by atoms with Crippen molar-refractivity contribution in [2.75, 3.05) is 0 Å². The average molecular weight is 406 g/mol. The fourth-order valence-electron chi connectivity index (χ4n) is 2.59. The molecule has 1 amide bonds. The summed E-state index contributed by atoms with van der Waals surface area (Å²) in [6, 6.07) is 7.52. The van der Waals surface area contributed by atoms with Crippen LogP contribution >= 0.6 is 34.7 Å². The maximum absolute atomic E-state index is 12.5. The molecule has 136 valence electrons. The zero-order valence-electron chi connectivity index (χ0n) is 15.1. The lowest BCUT2D eigenvalue weighted by Crippen LogP contribution is -2.30. The van der Waals surface area contributed by atoms with Gasteiger partial charge in [0.25, 0.3) is 0 Å². The Labute approximate surface area is 166 Å². The van der Waals surface area contributed by atoms with E-state index in [0.717, 1.165) is 26.6 Å². The molecule has 0 spiro atoms. The first-order valence-electron chi connectivity index (χ1n) is 8.29. The smallest absolute Gasteiger partial charge is 0.233 e. The zero-order valence-corrected chi connectivity index (χ0v) is 17.5. The van der Waals surface area contributed by atoms with Crippen LogP contribution in [0.1, 0.15) is 28.8 Å². The first-order chi connectivity index (χ1) is 12.4. The van der Waals surface area contributed by atoms with Gasteiger partial charge in [-0.3, -0.25) is 4.79 Å². The normalized spacial score (nSPS) is 12.3. The molecule has 3 rings (SSSR count). The predicted molar refractivity (Wildman–Crippen MR) is 110 cm³/mol. The third kappa shape index (κ3) is 4.03. The van der Waals surface area contributed by atoms with Gasteiger partial charge in [-0.2, -0.15) is 0 Å². The summed E-state index contributed by atoms with van der Waals surface area (Å²) in [5.74, 6) is 0.689. The summed E-state index contributed by atoms with van der Waals surface area (Å²) in [6.07, 6.45) is 0. The van der Waals surface area contributed by atoms with Gasteiger partial charge in [-0.15, -0.1) is 11.3 Å². The molecule has 0 bridgehead atoms. The van der Waals surface area contributed by atoms with E-state index in [-0.39, 0.29) is 11.2 Å². The molecule has 2 heterocycles. The van der Waals surface area contributed by atoms with Gasteiger partial charge in [-0.25, -0.2) is 9.97 Å². The van der Waals surface area contributed by atoms with Crippen LogP contribution in [-0.4, -0.2) is 21.1 Å². The molecule has 4 nitrogen and oxygen atoms in total. The van der Waals surface area contributed by atoms with Crippen molar-refractivity contribution in [1.29, 1.82) is 0 Å². The number of carbonyl (C=O) groups is 1. The second-order valence-corrected chi connectivity index (χ2v) is 9.05. The lowest BCUT2D eigenvalue weighted by molar-refractivity contribution is -0.120. The third-order valence-corrected chi connectivity index (χ3v) is 6.73. The number of aryl methyl sites for hydroxylation is 3. The standard InChI is InChI=1S/C19H20ClN3OS2/c1-10-11(2)25-18-16(10)19(23-13(4)22-18)26-12(3)17(24)21-9-14-7-5-6-8-15(14)20/h5-8,12H,9H2,1-4H3,(H,21,24)/t12-/m1/s1. The fraction of sp³-hybridized carbons (Fsp3) is 0.316. The van der Waals surface area contributed by atoms with E-state index in [0.29, 0.717) is 11.6 Å². The van der Waals surface area contributed by atoms with Crippen molar-refractivity contribution >= 4 is 50.8 Å². The minimum atomic E-state index is -0.269. The summed E-state index contributed by atoms with van der Waals surface area (Å²) in [7, 11) is 0. The second kappa shape index (κ2) is 7.94. The minimum Gasteiger partial charge on any atom is -0.351 e. The number of thiophene rings is 1. The van der Waals surface area contributed by atoms with Crippen LogP contribution in [0.4, 0.5) is 0 Å². The molecule has 0 aliphatic carbocycles. The van der Waals surface area contributed by atoms with Crippen LogP contribution in [-0.2, 0) is 11.3 Å². The molecule has 7 heteroatoms. The summed E-state index contributed by atoms with van der Waals surface area (Å²) in [6.45, 7) is 8.36. The summed E-state index contributed by atoms with van der Waals surface area (Å²) >= 11 is 9.29. The van der Waals surface area contributed by atoms with E-state index in [1.807, 2.05) is 38.1 Å². The largest absolute Gasteiger partial charge is 0.351 e. The molecular formula is C19H20ClN3OS2. The average Bonchev–Trinajstić information content (AvgIpc) is 2.87. The zero-order chi connectivity index (χ0) is 18.8. The molecule has 1 aromatic carbocycles. The topological polar surface area (TPSA) is 54.9 Å². The van der Waals surface area contributed by atoms with Gasteiger partial charge in [0.15, 0.2) is 0 Å². The number of aromatic nitrogens is 2. The lowest BCUT2D eigenvalue weighted by Gasteiger charge is -2.13. The number of benzene rings is 1. The van der Waals surface area contributed by atoms with E-state index in [1.165, 1.54) is 22.2 Å². The number of carbonyl (C=O) groups excluding carboxylic acids is 1. The molecule has 0 saturated heterocycles. The summed E-state index contributed by atoms with van der Waals surface area (Å²) in [5, 5.41) is 5.28. The van der Waals surface area contributed by atoms with Crippen molar-refractivity contribution in [3.63, 3.8) is 0 Å². The van der Waals surface area contributed by atoms with E-state index in [2.05, 4.69) is 29.1 Å². The lowest BCUT2D eigenvalue weighted by atomic mass is 10.2. The number of nitrogens with one attached hydrogen (secondary N) is 1. The fourth-order valence-corrected chi connectivity index (χ4v) is 5.01. The van der Waals surface area contributed by atoms with Gasteiger partial charge < -0.3 is 5.32 Å². The Kier molecular flexibility index (Phi) is 5.85. The van der Waals surface area contributed by atoms with Gasteiger partial charge in [0.05, 0.1) is 5.25 Å². The van der Waals surface area contributed by atoms with Gasteiger partial charge in [-0.05, 0) is 44.9 Å². The highest BCUT2D eigenvalue weighted by Gasteiger charge is 2.20. The Morgan fingerprint density at radius 3 is 2.73 bits per heavy atom. The van der Waals surface area contributed by atoms with Crippen LogP contribution in [0, 0.1) is 20.8 Å². The second-order valence-electron chi connectivity index (χ2n) is 6.11. The number of hydrogen-bond donors (Lipinski definition) is 1. The summed E-state index contributed by atoms with van der Waals surface area (Å²) in [5.41, 5.74) is 2.10. The Bertz CT molecular complexity index is 971. The number of nitrogens with zero attached hydrogens (tertiary/aromatic N) is 2. The number of hydrogen-bond acceptors (Lipinski definition) is 5. The molecule has 26 heavy (non-hydrogen) atoms. The molecule has 1 atom stereocenters. The SMILES string of the molecule is Cc1nc(S[C@H](C)C(=O)NCc2ccccc2Cl)c2c(C)c(C)sc2n1. The van der Waals surface area contributed by atoms with Crippen molar-refractivity contribution in [2.24, 2.45) is 0 Å². The highest BCUT2D eigenvalue weighted by atomic mass is 35.5. The summed E-state index contributed by atoms with van der Waals surface area (Å²) < 4.78 is 0. The molecule has 0 saturated carbocycles. The first kappa shape index (κ1) is 19.1. The van der Waals surface area contributed by atoms with E-state index in [4.69, 9.17) is 11.6 Å². The molecule has 3 aromatic rings. The number of fused-ring (bicyclic) bond motifs is 1. The molecule has 1 N–H and O–H groups in total. The molecule has 0 aliphatic heterocycles. The van der Waals surface area contributed by atoms with Gasteiger partial charge in [-0.1, -0.05) is 41.6 Å². The Hall–Kier alpha value is -1.63. The minimum absolute atomic E-state index is 0.0380. The van der Waals surface area contributed by atoms with Gasteiger partial charge >= 0.3 is 0 Å². The third-order valence-electron chi connectivity index (χ3n) is 4.18. The maximum Gasteiger partial charge on any atom is 0.233 e. The number of thioether (sulfide) groups is 1. The van der Waals surface area contributed by atoms with Crippen molar-refractivity contribution in [3.8, 4) is 0 Å². The van der Waals surface area contributed by atoms with Crippen molar-refractivity contribution < 1.29 is 4.79 Å². The molecule has 0 fully saturated rings.